The number of hydrogen-bond donors (Lipinski definition) is 0. The van der Waals surface area contributed by atoms with E-state index in [0.29, 0.717) is 17.5 Å². The first-order valence-corrected chi connectivity index (χ1v) is 7.12. The van der Waals surface area contributed by atoms with Crippen molar-refractivity contribution in [3.63, 3.8) is 0 Å². The molecule has 0 saturated heterocycles. The van der Waals surface area contributed by atoms with Gasteiger partial charge in [0.1, 0.15) is 0 Å². The summed E-state index contributed by atoms with van der Waals surface area (Å²) in [5, 5.41) is 0. The van der Waals surface area contributed by atoms with Crippen LogP contribution in [0.15, 0.2) is 18.2 Å². The van der Waals surface area contributed by atoms with E-state index in [9.17, 15) is 13.2 Å². The molecule has 0 amide bonds. The van der Waals surface area contributed by atoms with E-state index in [1.54, 1.807) is 19.1 Å². The molecule has 0 N–H and O–H groups in total. The van der Waals surface area contributed by atoms with Crippen LogP contribution < -0.4 is 0 Å². The zero-order chi connectivity index (χ0) is 14.9. The first-order chi connectivity index (χ1) is 8.95. The van der Waals surface area contributed by atoms with Gasteiger partial charge in [-0.3, -0.25) is 0 Å². The third-order valence-electron chi connectivity index (χ3n) is 2.87. The lowest BCUT2D eigenvalue weighted by Crippen LogP contribution is -2.09. The molecule has 1 rings (SSSR count). The molecule has 0 heterocycles. The van der Waals surface area contributed by atoms with Crippen molar-refractivity contribution in [2.24, 2.45) is 0 Å². The predicted octanol–water partition coefficient (Wildman–Crippen LogP) is 6.16. The molecule has 0 aliphatic heterocycles. The second-order valence-electron chi connectivity index (χ2n) is 4.47. The Kier molecular flexibility index (Phi) is 8.53. The molecule has 0 saturated carbocycles. The van der Waals surface area contributed by atoms with E-state index in [4.69, 9.17) is 0 Å². The van der Waals surface area contributed by atoms with Gasteiger partial charge in [-0.1, -0.05) is 57.7 Å². The standard InChI is InChI=1S/C14H19F3.C2H6/c1-3-4-5-6-7-12-9-8-11(2)10-13(12)14(15,16)17;1-2/h8-10H,3-7H2,1-2H3;1-2H3. The molecular weight excluding hydrogens is 249 g/mol. The van der Waals surface area contributed by atoms with Crippen LogP contribution >= 0.6 is 0 Å². The Morgan fingerprint density at radius 1 is 1.00 bits per heavy atom. The highest BCUT2D eigenvalue weighted by molar-refractivity contribution is 5.33. The predicted molar refractivity (Wildman–Crippen MR) is 75.4 cm³/mol. The second-order valence-corrected chi connectivity index (χ2v) is 4.47. The SMILES string of the molecule is CC.CCCCCCc1ccc(C)cc1C(F)(F)F. The molecule has 1 aromatic carbocycles. The summed E-state index contributed by atoms with van der Waals surface area (Å²) in [6.07, 6.45) is 0.316. The molecule has 0 aliphatic rings. The van der Waals surface area contributed by atoms with E-state index in [1.807, 2.05) is 13.8 Å². The number of hydrogen-bond acceptors (Lipinski definition) is 0. The molecule has 110 valence electrons. The van der Waals surface area contributed by atoms with Gasteiger partial charge in [-0.2, -0.15) is 13.2 Å². The van der Waals surface area contributed by atoms with Gasteiger partial charge in [-0.15, -0.1) is 0 Å². The van der Waals surface area contributed by atoms with Gasteiger partial charge in [0.15, 0.2) is 0 Å². The molecule has 3 heteroatoms. The maximum Gasteiger partial charge on any atom is 0.416 e. The quantitative estimate of drug-likeness (QED) is 0.564. The Balaban J connectivity index is 0.00000154. The van der Waals surface area contributed by atoms with Gasteiger partial charge in [0.2, 0.25) is 0 Å². The molecule has 0 unspecified atom stereocenters. The largest absolute Gasteiger partial charge is 0.416 e. The summed E-state index contributed by atoms with van der Waals surface area (Å²) in [6.45, 7) is 7.78. The Morgan fingerprint density at radius 2 is 1.63 bits per heavy atom. The fraction of sp³-hybridized carbons (Fsp3) is 0.625. The summed E-state index contributed by atoms with van der Waals surface area (Å²) in [5.74, 6) is 0. The maximum absolute atomic E-state index is 12.8. The maximum atomic E-state index is 12.8. The Labute approximate surface area is 115 Å². The Morgan fingerprint density at radius 3 is 2.16 bits per heavy atom. The molecule has 0 fully saturated rings. The van der Waals surface area contributed by atoms with Crippen LogP contribution in [0.1, 0.15) is 63.1 Å². The minimum atomic E-state index is -4.23. The van der Waals surface area contributed by atoms with Gasteiger partial charge in [0.25, 0.3) is 0 Å². The number of alkyl halides is 3. The van der Waals surface area contributed by atoms with E-state index < -0.39 is 11.7 Å². The van der Waals surface area contributed by atoms with E-state index in [1.165, 1.54) is 6.07 Å². The van der Waals surface area contributed by atoms with Crippen LogP contribution in [0.4, 0.5) is 13.2 Å². The van der Waals surface area contributed by atoms with Crippen molar-refractivity contribution in [3.8, 4) is 0 Å². The van der Waals surface area contributed by atoms with Crippen LogP contribution in [-0.2, 0) is 12.6 Å². The van der Waals surface area contributed by atoms with Crippen molar-refractivity contribution >= 4 is 0 Å². The molecule has 0 aliphatic carbocycles. The van der Waals surface area contributed by atoms with Crippen LogP contribution in [0.2, 0.25) is 0 Å². The molecule has 1 aromatic rings. The van der Waals surface area contributed by atoms with E-state index in [-0.39, 0.29) is 0 Å². The van der Waals surface area contributed by atoms with Gasteiger partial charge >= 0.3 is 6.18 Å². The Bertz CT molecular complexity index is 354. The molecule has 0 spiro atoms. The number of aryl methyl sites for hydroxylation is 2. The molecule has 0 nitrogen and oxygen atoms in total. The molecular formula is C16H25F3. The highest BCUT2D eigenvalue weighted by Crippen LogP contribution is 2.33. The summed E-state index contributed by atoms with van der Waals surface area (Å²) in [7, 11) is 0. The van der Waals surface area contributed by atoms with E-state index in [0.717, 1.165) is 25.7 Å². The molecule has 19 heavy (non-hydrogen) atoms. The molecule has 0 aromatic heterocycles. The normalized spacial score (nSPS) is 10.9. The summed E-state index contributed by atoms with van der Waals surface area (Å²) < 4.78 is 38.4. The van der Waals surface area contributed by atoms with Gasteiger partial charge in [0, 0.05) is 0 Å². The lowest BCUT2D eigenvalue weighted by Gasteiger charge is -2.13. The molecule has 0 radical (unpaired) electrons. The van der Waals surface area contributed by atoms with Crippen LogP contribution in [0, 0.1) is 6.92 Å². The van der Waals surface area contributed by atoms with Gasteiger partial charge in [-0.25, -0.2) is 0 Å². The number of rotatable bonds is 5. The van der Waals surface area contributed by atoms with Crippen LogP contribution in [0.5, 0.6) is 0 Å². The second kappa shape index (κ2) is 9.00. The highest BCUT2D eigenvalue weighted by atomic mass is 19.4. The van der Waals surface area contributed by atoms with Crippen LogP contribution in [-0.4, -0.2) is 0 Å². The smallest absolute Gasteiger partial charge is 0.166 e. The molecule has 0 bridgehead atoms. The van der Waals surface area contributed by atoms with Crippen molar-refractivity contribution in [3.05, 3.63) is 34.9 Å². The number of unbranched alkanes of at least 4 members (excludes halogenated alkanes) is 3. The fourth-order valence-corrected chi connectivity index (χ4v) is 1.91. The summed E-state index contributed by atoms with van der Waals surface area (Å²) in [4.78, 5) is 0. The number of halogens is 3. The molecule has 0 atom stereocenters. The third-order valence-corrected chi connectivity index (χ3v) is 2.87. The third kappa shape index (κ3) is 6.65. The average Bonchev–Trinajstić information content (AvgIpc) is 2.37. The van der Waals surface area contributed by atoms with Crippen molar-refractivity contribution < 1.29 is 13.2 Å². The van der Waals surface area contributed by atoms with Crippen molar-refractivity contribution in [1.29, 1.82) is 0 Å². The van der Waals surface area contributed by atoms with E-state index >= 15 is 0 Å². The van der Waals surface area contributed by atoms with Gasteiger partial charge < -0.3 is 0 Å². The summed E-state index contributed by atoms with van der Waals surface area (Å²) >= 11 is 0. The van der Waals surface area contributed by atoms with E-state index in [2.05, 4.69) is 6.92 Å². The van der Waals surface area contributed by atoms with Gasteiger partial charge in [-0.05, 0) is 31.4 Å². The van der Waals surface area contributed by atoms with Crippen LogP contribution in [0.25, 0.3) is 0 Å². The van der Waals surface area contributed by atoms with Crippen molar-refractivity contribution in [2.75, 3.05) is 0 Å². The summed E-state index contributed by atoms with van der Waals surface area (Å²) in [6, 6.07) is 4.61. The summed E-state index contributed by atoms with van der Waals surface area (Å²) in [5.41, 5.74) is 0.628. The van der Waals surface area contributed by atoms with Crippen molar-refractivity contribution in [2.45, 2.75) is 66.0 Å². The van der Waals surface area contributed by atoms with Crippen molar-refractivity contribution in [1.82, 2.24) is 0 Å². The topological polar surface area (TPSA) is 0 Å². The lowest BCUT2D eigenvalue weighted by molar-refractivity contribution is -0.138. The monoisotopic (exact) mass is 274 g/mol. The Hall–Kier alpha value is -0.990. The average molecular weight is 274 g/mol. The minimum absolute atomic E-state index is 0.430. The first-order valence-electron chi connectivity index (χ1n) is 7.12. The zero-order valence-corrected chi connectivity index (χ0v) is 12.4. The number of benzene rings is 1. The first kappa shape index (κ1) is 18.0. The highest BCUT2D eigenvalue weighted by Gasteiger charge is 2.32. The van der Waals surface area contributed by atoms with Crippen LogP contribution in [0.3, 0.4) is 0 Å². The lowest BCUT2D eigenvalue weighted by atomic mass is 9.98. The minimum Gasteiger partial charge on any atom is -0.166 e. The van der Waals surface area contributed by atoms with Gasteiger partial charge in [0.05, 0.1) is 5.56 Å². The fourth-order valence-electron chi connectivity index (χ4n) is 1.91. The zero-order valence-electron chi connectivity index (χ0n) is 12.4.